The molecule has 1 aromatic carbocycles. The molecule has 1 aromatic rings. The lowest BCUT2D eigenvalue weighted by Gasteiger charge is -2.25. The van der Waals surface area contributed by atoms with Crippen molar-refractivity contribution in [3.63, 3.8) is 0 Å². The molecular formula is C17H24N2O2. The van der Waals surface area contributed by atoms with Gasteiger partial charge < -0.3 is 15.0 Å². The number of nitrogens with one attached hydrogen (secondary N) is 1. The predicted octanol–water partition coefficient (Wildman–Crippen LogP) is 1.97. The molecule has 1 N–H and O–H groups in total. The Morgan fingerprint density at radius 2 is 2.10 bits per heavy atom. The molecule has 2 fully saturated rings. The molecule has 0 aliphatic carbocycles. The van der Waals surface area contributed by atoms with Crippen molar-refractivity contribution in [1.29, 1.82) is 0 Å². The molecule has 3 unspecified atom stereocenters. The highest BCUT2D eigenvalue weighted by Crippen LogP contribution is 2.34. The van der Waals surface area contributed by atoms with E-state index in [1.807, 2.05) is 36.2 Å². The maximum absolute atomic E-state index is 12.5. The van der Waals surface area contributed by atoms with Crippen LogP contribution in [0.4, 0.5) is 0 Å². The number of nitrogens with zero attached hydrogens (tertiary/aromatic N) is 1. The van der Waals surface area contributed by atoms with E-state index >= 15 is 0 Å². The summed E-state index contributed by atoms with van der Waals surface area (Å²) in [7, 11) is 1.88. The average molecular weight is 288 g/mol. The predicted molar refractivity (Wildman–Crippen MR) is 82.4 cm³/mol. The highest BCUT2D eigenvalue weighted by atomic mass is 16.5. The Labute approximate surface area is 126 Å². The van der Waals surface area contributed by atoms with Crippen LogP contribution in [0.25, 0.3) is 0 Å². The molecule has 2 aliphatic rings. The third-order valence-electron chi connectivity index (χ3n) is 4.71. The fraction of sp³-hybridized carbons (Fsp3) is 0.588. The molecule has 114 valence electrons. The van der Waals surface area contributed by atoms with Gasteiger partial charge in [-0.2, -0.15) is 0 Å². The number of fused-ring (bicyclic) bond motifs is 2. The molecule has 2 bridgehead atoms. The van der Waals surface area contributed by atoms with Crippen molar-refractivity contribution < 1.29 is 9.53 Å². The molecule has 0 saturated carbocycles. The summed E-state index contributed by atoms with van der Waals surface area (Å²) in [6.45, 7) is 3.24. The van der Waals surface area contributed by atoms with Gasteiger partial charge in [0.2, 0.25) is 5.91 Å². The fourth-order valence-corrected chi connectivity index (χ4v) is 3.43. The van der Waals surface area contributed by atoms with E-state index in [-0.39, 0.29) is 11.8 Å². The van der Waals surface area contributed by atoms with E-state index in [0.29, 0.717) is 25.2 Å². The van der Waals surface area contributed by atoms with Gasteiger partial charge in [-0.3, -0.25) is 4.79 Å². The van der Waals surface area contributed by atoms with Gasteiger partial charge in [0.05, 0.1) is 12.5 Å². The molecule has 4 heteroatoms. The topological polar surface area (TPSA) is 41.6 Å². The van der Waals surface area contributed by atoms with Gasteiger partial charge in [0, 0.05) is 19.1 Å². The summed E-state index contributed by atoms with van der Waals surface area (Å²) in [4.78, 5) is 14.3. The minimum absolute atomic E-state index is 0.174. The SMILES string of the molecule is Cc1ccc(OCCN(C)C(=O)C2CC3CCC2N3)cc1. The lowest BCUT2D eigenvalue weighted by atomic mass is 9.88. The van der Waals surface area contributed by atoms with Crippen LogP contribution in [0.5, 0.6) is 5.75 Å². The van der Waals surface area contributed by atoms with Crippen LogP contribution in [-0.4, -0.2) is 43.1 Å². The van der Waals surface area contributed by atoms with Crippen molar-refractivity contribution in [3.05, 3.63) is 29.8 Å². The summed E-state index contributed by atoms with van der Waals surface area (Å²) in [5.74, 6) is 1.30. The molecule has 21 heavy (non-hydrogen) atoms. The number of carbonyl (C=O) groups is 1. The summed E-state index contributed by atoms with van der Waals surface area (Å²) >= 11 is 0. The van der Waals surface area contributed by atoms with Crippen LogP contribution in [0, 0.1) is 12.8 Å². The molecule has 0 aromatic heterocycles. The summed E-state index contributed by atoms with van der Waals surface area (Å²) in [5.41, 5.74) is 1.22. The van der Waals surface area contributed by atoms with E-state index in [9.17, 15) is 4.79 Å². The molecule has 2 aliphatic heterocycles. The monoisotopic (exact) mass is 288 g/mol. The van der Waals surface area contributed by atoms with Crippen LogP contribution in [0.2, 0.25) is 0 Å². The Morgan fingerprint density at radius 1 is 1.33 bits per heavy atom. The van der Waals surface area contributed by atoms with Gasteiger partial charge in [0.25, 0.3) is 0 Å². The van der Waals surface area contributed by atoms with Gasteiger partial charge in [-0.25, -0.2) is 0 Å². The number of hydrogen-bond acceptors (Lipinski definition) is 3. The normalized spacial score (nSPS) is 26.9. The maximum atomic E-state index is 12.5. The van der Waals surface area contributed by atoms with Crippen molar-refractivity contribution in [2.24, 2.45) is 5.92 Å². The van der Waals surface area contributed by atoms with Gasteiger partial charge >= 0.3 is 0 Å². The number of carbonyl (C=O) groups excluding carboxylic acids is 1. The fourth-order valence-electron chi connectivity index (χ4n) is 3.43. The lowest BCUT2D eigenvalue weighted by Crippen LogP contribution is -2.40. The van der Waals surface area contributed by atoms with Crippen LogP contribution in [0.15, 0.2) is 24.3 Å². The second-order valence-corrected chi connectivity index (χ2v) is 6.31. The minimum Gasteiger partial charge on any atom is -0.492 e. The Kier molecular flexibility index (Phi) is 4.15. The minimum atomic E-state index is 0.174. The third-order valence-corrected chi connectivity index (χ3v) is 4.71. The van der Waals surface area contributed by atoms with Gasteiger partial charge in [-0.1, -0.05) is 17.7 Å². The second-order valence-electron chi connectivity index (χ2n) is 6.31. The van der Waals surface area contributed by atoms with Crippen molar-refractivity contribution in [1.82, 2.24) is 10.2 Å². The third kappa shape index (κ3) is 3.21. The van der Waals surface area contributed by atoms with Crippen LogP contribution >= 0.6 is 0 Å². The quantitative estimate of drug-likeness (QED) is 0.900. The molecule has 0 spiro atoms. The molecule has 2 heterocycles. The van der Waals surface area contributed by atoms with E-state index in [1.165, 1.54) is 12.0 Å². The molecule has 0 radical (unpaired) electrons. The Bertz CT molecular complexity index is 500. The van der Waals surface area contributed by atoms with E-state index in [1.54, 1.807) is 0 Å². The number of amides is 1. The van der Waals surface area contributed by atoms with Crippen molar-refractivity contribution in [2.75, 3.05) is 20.2 Å². The Morgan fingerprint density at radius 3 is 2.71 bits per heavy atom. The molecule has 1 amide bonds. The summed E-state index contributed by atoms with van der Waals surface area (Å²) < 4.78 is 5.70. The van der Waals surface area contributed by atoms with Crippen molar-refractivity contribution in [2.45, 2.75) is 38.3 Å². The lowest BCUT2D eigenvalue weighted by molar-refractivity contribution is -0.135. The zero-order chi connectivity index (χ0) is 14.8. The van der Waals surface area contributed by atoms with Crippen LogP contribution < -0.4 is 10.1 Å². The maximum Gasteiger partial charge on any atom is 0.227 e. The van der Waals surface area contributed by atoms with E-state index in [2.05, 4.69) is 12.2 Å². The second kappa shape index (κ2) is 6.06. The molecule has 3 atom stereocenters. The van der Waals surface area contributed by atoms with Crippen molar-refractivity contribution in [3.8, 4) is 5.75 Å². The van der Waals surface area contributed by atoms with E-state index in [4.69, 9.17) is 4.74 Å². The number of benzene rings is 1. The van der Waals surface area contributed by atoms with E-state index < -0.39 is 0 Å². The summed E-state index contributed by atoms with van der Waals surface area (Å²) in [5, 5.41) is 3.52. The first-order valence-electron chi connectivity index (χ1n) is 7.84. The number of ether oxygens (including phenoxy) is 1. The molecular weight excluding hydrogens is 264 g/mol. The van der Waals surface area contributed by atoms with Gasteiger partial charge in [0.1, 0.15) is 12.4 Å². The first kappa shape index (κ1) is 14.4. The standard InChI is InChI=1S/C17H24N2O2/c1-12-3-6-14(7-4-12)21-10-9-19(2)17(20)15-11-13-5-8-16(15)18-13/h3-4,6-7,13,15-16,18H,5,8-11H2,1-2H3. The number of rotatable bonds is 5. The zero-order valence-electron chi connectivity index (χ0n) is 12.8. The highest BCUT2D eigenvalue weighted by molar-refractivity contribution is 5.80. The number of aryl methyl sites for hydroxylation is 1. The number of hydrogen-bond donors (Lipinski definition) is 1. The summed E-state index contributed by atoms with van der Waals surface area (Å²) in [6, 6.07) is 8.98. The Hall–Kier alpha value is -1.55. The molecule has 2 saturated heterocycles. The van der Waals surface area contributed by atoms with E-state index in [0.717, 1.165) is 18.6 Å². The van der Waals surface area contributed by atoms with Gasteiger partial charge in [-0.05, 0) is 38.3 Å². The summed E-state index contributed by atoms with van der Waals surface area (Å²) in [6.07, 6.45) is 3.39. The average Bonchev–Trinajstić information content (AvgIpc) is 3.11. The van der Waals surface area contributed by atoms with Crippen molar-refractivity contribution >= 4 is 5.91 Å². The van der Waals surface area contributed by atoms with Crippen LogP contribution in [-0.2, 0) is 4.79 Å². The molecule has 4 nitrogen and oxygen atoms in total. The molecule has 3 rings (SSSR count). The Balaban J connectivity index is 1.44. The van der Waals surface area contributed by atoms with Gasteiger partial charge in [0.15, 0.2) is 0 Å². The highest BCUT2D eigenvalue weighted by Gasteiger charge is 2.43. The number of likely N-dealkylation sites (N-methyl/N-ethyl adjacent to an activating group) is 1. The largest absolute Gasteiger partial charge is 0.492 e. The van der Waals surface area contributed by atoms with Crippen LogP contribution in [0.3, 0.4) is 0 Å². The van der Waals surface area contributed by atoms with Crippen LogP contribution in [0.1, 0.15) is 24.8 Å². The smallest absolute Gasteiger partial charge is 0.227 e. The van der Waals surface area contributed by atoms with Gasteiger partial charge in [-0.15, -0.1) is 0 Å². The first-order valence-corrected chi connectivity index (χ1v) is 7.84. The first-order chi connectivity index (χ1) is 10.1. The zero-order valence-corrected chi connectivity index (χ0v) is 12.8.